The first-order valence-electron chi connectivity index (χ1n) is 6.67. The Morgan fingerprint density at radius 1 is 1.42 bits per heavy atom. The Bertz CT molecular complexity index is 402. The first-order valence-corrected chi connectivity index (χ1v) is 6.67. The van der Waals surface area contributed by atoms with E-state index in [9.17, 15) is 0 Å². The predicted molar refractivity (Wildman–Crippen MR) is 77.3 cm³/mol. The van der Waals surface area contributed by atoms with Crippen molar-refractivity contribution in [3.05, 3.63) is 11.7 Å². The highest BCUT2D eigenvalue weighted by Crippen LogP contribution is 2.20. The smallest absolute Gasteiger partial charge is 0.240 e. The van der Waals surface area contributed by atoms with Crippen molar-refractivity contribution >= 4 is 12.4 Å². The van der Waals surface area contributed by atoms with Crippen LogP contribution in [0.15, 0.2) is 4.52 Å². The third-order valence-corrected chi connectivity index (χ3v) is 3.55. The molecule has 0 aliphatic carbocycles. The largest absolute Gasteiger partial charge is 0.338 e. The van der Waals surface area contributed by atoms with E-state index in [4.69, 9.17) is 10.3 Å². The number of hydrogen-bond donors (Lipinski definition) is 1. The molecule has 5 nitrogen and oxygen atoms in total. The van der Waals surface area contributed by atoms with E-state index in [-0.39, 0.29) is 17.8 Å². The lowest BCUT2D eigenvalue weighted by atomic mass is 9.95. The molecule has 0 spiro atoms. The maximum absolute atomic E-state index is 6.02. The maximum atomic E-state index is 6.02. The van der Waals surface area contributed by atoms with Gasteiger partial charge in [-0.05, 0) is 12.3 Å². The number of aromatic nitrogens is 2. The average molecular weight is 289 g/mol. The van der Waals surface area contributed by atoms with Crippen molar-refractivity contribution in [2.24, 2.45) is 11.7 Å². The molecule has 19 heavy (non-hydrogen) atoms. The summed E-state index contributed by atoms with van der Waals surface area (Å²) in [5, 5.41) is 4.05. The van der Waals surface area contributed by atoms with Crippen molar-refractivity contribution in [2.45, 2.75) is 52.1 Å². The molecular weight excluding hydrogens is 264 g/mol. The maximum Gasteiger partial charge on any atom is 0.240 e. The molecule has 2 unspecified atom stereocenters. The molecule has 1 aromatic rings. The van der Waals surface area contributed by atoms with Gasteiger partial charge in [0.25, 0.3) is 0 Å². The van der Waals surface area contributed by atoms with Crippen molar-refractivity contribution in [1.29, 1.82) is 0 Å². The molecule has 0 radical (unpaired) electrons. The number of nitrogens with two attached hydrogens (primary N) is 1. The lowest BCUT2D eigenvalue weighted by molar-refractivity contribution is 0.142. The predicted octanol–water partition coefficient (Wildman–Crippen LogP) is 1.96. The van der Waals surface area contributed by atoms with Gasteiger partial charge in [0.2, 0.25) is 5.89 Å². The topological polar surface area (TPSA) is 68.2 Å². The fourth-order valence-electron chi connectivity index (χ4n) is 2.21. The Labute approximate surface area is 121 Å². The van der Waals surface area contributed by atoms with Crippen LogP contribution in [-0.2, 0) is 12.0 Å². The van der Waals surface area contributed by atoms with Gasteiger partial charge in [0, 0.05) is 24.5 Å². The molecule has 0 bridgehead atoms. The zero-order valence-corrected chi connectivity index (χ0v) is 13.0. The molecule has 2 rings (SSSR count). The first-order chi connectivity index (χ1) is 8.36. The van der Waals surface area contributed by atoms with E-state index in [0.717, 1.165) is 31.9 Å². The van der Waals surface area contributed by atoms with Crippen LogP contribution < -0.4 is 5.73 Å². The summed E-state index contributed by atoms with van der Waals surface area (Å²) in [4.78, 5) is 6.81. The number of likely N-dealkylation sites (tertiary alicyclic amines) is 1. The van der Waals surface area contributed by atoms with Crippen LogP contribution in [0.2, 0.25) is 0 Å². The lowest BCUT2D eigenvalue weighted by Gasteiger charge is -2.34. The van der Waals surface area contributed by atoms with Crippen LogP contribution in [0.3, 0.4) is 0 Å². The van der Waals surface area contributed by atoms with Gasteiger partial charge in [-0.15, -0.1) is 12.4 Å². The SMILES string of the molecule is CC1CN(Cc2nc(C(C)(C)C)no2)CCC1N.Cl. The van der Waals surface area contributed by atoms with Crippen molar-refractivity contribution in [3.63, 3.8) is 0 Å². The van der Waals surface area contributed by atoms with Crippen LogP contribution in [-0.4, -0.2) is 34.2 Å². The molecule has 6 heteroatoms. The van der Waals surface area contributed by atoms with Gasteiger partial charge in [0.05, 0.1) is 6.54 Å². The second-order valence-electron chi connectivity index (χ2n) is 6.43. The minimum atomic E-state index is -0.0563. The highest BCUT2D eigenvalue weighted by molar-refractivity contribution is 5.85. The summed E-state index contributed by atoms with van der Waals surface area (Å²) < 4.78 is 5.32. The molecule has 1 saturated heterocycles. The molecule has 2 heterocycles. The van der Waals surface area contributed by atoms with Crippen LogP contribution in [0.1, 0.15) is 45.8 Å². The standard InChI is InChI=1S/C13H24N4O.ClH/c1-9-7-17(6-5-10(9)14)8-11-15-12(16-18-11)13(2,3)4;/h9-10H,5-8,14H2,1-4H3;1H. The van der Waals surface area contributed by atoms with Crippen LogP contribution in [0.5, 0.6) is 0 Å². The van der Waals surface area contributed by atoms with Gasteiger partial charge in [0.15, 0.2) is 5.82 Å². The molecule has 2 atom stereocenters. The number of piperidine rings is 1. The van der Waals surface area contributed by atoms with E-state index < -0.39 is 0 Å². The van der Waals surface area contributed by atoms with Crippen LogP contribution >= 0.6 is 12.4 Å². The Morgan fingerprint density at radius 3 is 2.63 bits per heavy atom. The Hall–Kier alpha value is -0.650. The van der Waals surface area contributed by atoms with Crippen LogP contribution in [0.4, 0.5) is 0 Å². The minimum absolute atomic E-state index is 0. The molecule has 1 aliphatic heterocycles. The van der Waals surface area contributed by atoms with Gasteiger partial charge in [0.1, 0.15) is 0 Å². The summed E-state index contributed by atoms with van der Waals surface area (Å²) in [7, 11) is 0. The van der Waals surface area contributed by atoms with E-state index in [1.807, 2.05) is 0 Å². The Morgan fingerprint density at radius 2 is 2.11 bits per heavy atom. The second kappa shape index (κ2) is 6.20. The van der Waals surface area contributed by atoms with E-state index in [0.29, 0.717) is 17.9 Å². The summed E-state index contributed by atoms with van der Waals surface area (Å²) in [6.07, 6.45) is 1.04. The van der Waals surface area contributed by atoms with E-state index in [2.05, 4.69) is 42.7 Å². The normalized spacial score (nSPS) is 25.1. The van der Waals surface area contributed by atoms with Crippen molar-refractivity contribution < 1.29 is 4.52 Å². The number of rotatable bonds is 2. The zero-order valence-electron chi connectivity index (χ0n) is 12.2. The summed E-state index contributed by atoms with van der Waals surface area (Å²) in [5.41, 5.74) is 5.96. The highest BCUT2D eigenvalue weighted by Gasteiger charge is 2.26. The van der Waals surface area contributed by atoms with Crippen molar-refractivity contribution in [1.82, 2.24) is 15.0 Å². The molecule has 0 saturated carbocycles. The van der Waals surface area contributed by atoms with Gasteiger partial charge >= 0.3 is 0 Å². The Kier molecular flexibility index (Phi) is 5.35. The molecule has 1 fully saturated rings. The zero-order chi connectivity index (χ0) is 13.3. The molecule has 0 amide bonds. The average Bonchev–Trinajstić information content (AvgIpc) is 2.72. The second-order valence-corrected chi connectivity index (χ2v) is 6.43. The minimum Gasteiger partial charge on any atom is -0.338 e. The van der Waals surface area contributed by atoms with Crippen LogP contribution in [0, 0.1) is 5.92 Å². The molecule has 2 N–H and O–H groups in total. The van der Waals surface area contributed by atoms with Crippen LogP contribution in [0.25, 0.3) is 0 Å². The quantitative estimate of drug-likeness (QED) is 0.901. The first kappa shape index (κ1) is 16.4. The number of hydrogen-bond acceptors (Lipinski definition) is 5. The summed E-state index contributed by atoms with van der Waals surface area (Å²) in [6, 6.07) is 0.328. The third kappa shape index (κ3) is 4.16. The number of halogens is 1. The molecule has 1 aliphatic rings. The highest BCUT2D eigenvalue weighted by atomic mass is 35.5. The van der Waals surface area contributed by atoms with Gasteiger partial charge < -0.3 is 10.3 Å². The van der Waals surface area contributed by atoms with Gasteiger partial charge in [-0.25, -0.2) is 0 Å². The molecule has 0 aromatic carbocycles. The fraction of sp³-hybridized carbons (Fsp3) is 0.846. The van der Waals surface area contributed by atoms with E-state index in [1.165, 1.54) is 0 Å². The molecule has 110 valence electrons. The fourth-order valence-corrected chi connectivity index (χ4v) is 2.21. The molecule has 1 aromatic heterocycles. The monoisotopic (exact) mass is 288 g/mol. The summed E-state index contributed by atoms with van der Waals surface area (Å²) in [5.74, 6) is 2.02. The lowest BCUT2D eigenvalue weighted by Crippen LogP contribution is -2.45. The van der Waals surface area contributed by atoms with Gasteiger partial charge in [-0.3, -0.25) is 4.90 Å². The van der Waals surface area contributed by atoms with E-state index >= 15 is 0 Å². The third-order valence-electron chi connectivity index (χ3n) is 3.55. The molecular formula is C13H25ClN4O. The van der Waals surface area contributed by atoms with E-state index in [1.54, 1.807) is 0 Å². The van der Waals surface area contributed by atoms with Crippen molar-refractivity contribution in [3.8, 4) is 0 Å². The summed E-state index contributed by atoms with van der Waals surface area (Å²) >= 11 is 0. The van der Waals surface area contributed by atoms with Gasteiger partial charge in [-0.2, -0.15) is 4.98 Å². The van der Waals surface area contributed by atoms with Gasteiger partial charge in [-0.1, -0.05) is 32.9 Å². The Balaban J connectivity index is 0.00000180. The number of nitrogens with zero attached hydrogens (tertiary/aromatic N) is 3. The summed E-state index contributed by atoms with van der Waals surface area (Å²) in [6.45, 7) is 11.2. The van der Waals surface area contributed by atoms with Crippen molar-refractivity contribution in [2.75, 3.05) is 13.1 Å².